The van der Waals surface area contributed by atoms with Gasteiger partial charge in [-0.2, -0.15) is 0 Å². The van der Waals surface area contributed by atoms with Crippen LogP contribution in [0.1, 0.15) is 25.6 Å². The molecule has 0 atom stereocenters. The molecule has 0 bridgehead atoms. The lowest BCUT2D eigenvalue weighted by Gasteiger charge is -2.22. The molecule has 6 nitrogen and oxygen atoms in total. The highest BCUT2D eigenvalue weighted by Gasteiger charge is 2.21. The third-order valence-corrected chi connectivity index (χ3v) is 4.37. The molecule has 1 fully saturated rings. The zero-order valence-corrected chi connectivity index (χ0v) is 18.0. The fraction of sp³-hybridized carbons (Fsp3) is 0.579. The summed E-state index contributed by atoms with van der Waals surface area (Å²) in [5, 5.41) is 3.35. The Kier molecular flexibility index (Phi) is 8.64. The highest BCUT2D eigenvalue weighted by atomic mass is 127. The number of ether oxygens (including phenoxy) is 1. The van der Waals surface area contributed by atoms with Crippen LogP contribution in [0.15, 0.2) is 29.3 Å². The number of benzene rings is 1. The molecule has 2 aromatic rings. The molecule has 2 N–H and O–H groups in total. The molecule has 1 aromatic carbocycles. The van der Waals surface area contributed by atoms with Gasteiger partial charge < -0.3 is 19.9 Å². The Bertz CT molecular complexity index is 665. The molecule has 0 amide bonds. The Balaban J connectivity index is 0.00000243. The third-order valence-electron chi connectivity index (χ3n) is 4.37. The predicted molar refractivity (Wildman–Crippen MR) is 117 cm³/mol. The van der Waals surface area contributed by atoms with Crippen LogP contribution >= 0.6 is 24.0 Å². The number of halogens is 1. The number of guanidine groups is 1. The average Bonchev–Trinajstić information content (AvgIpc) is 3.35. The molecular weight excluding hydrogens is 441 g/mol. The van der Waals surface area contributed by atoms with Gasteiger partial charge in [0.1, 0.15) is 5.82 Å². The number of nitrogens with zero attached hydrogens (tertiary/aromatic N) is 3. The summed E-state index contributed by atoms with van der Waals surface area (Å²) in [7, 11) is 2.06. The van der Waals surface area contributed by atoms with Gasteiger partial charge in [0, 0.05) is 39.7 Å². The standard InChI is InChI=1S/C19H29N5O.HI/c1-3-20-19(24(2)12-13-25-14-15-8-9-15)21-11-10-18-22-16-6-4-5-7-17(16)23-18;/h4-7,15H,3,8-14H2,1-2H3,(H,20,21)(H,22,23);1H. The molecule has 1 aliphatic rings. The fourth-order valence-electron chi connectivity index (χ4n) is 2.70. The largest absolute Gasteiger partial charge is 0.379 e. The predicted octanol–water partition coefficient (Wildman–Crippen LogP) is 3.05. The van der Waals surface area contributed by atoms with Crippen LogP contribution in [0.3, 0.4) is 0 Å². The van der Waals surface area contributed by atoms with Crippen LogP contribution < -0.4 is 5.32 Å². The number of hydrogen-bond acceptors (Lipinski definition) is 3. The molecule has 0 saturated heterocycles. The van der Waals surface area contributed by atoms with Gasteiger partial charge in [-0.3, -0.25) is 4.99 Å². The van der Waals surface area contributed by atoms with Crippen molar-refractivity contribution in [1.29, 1.82) is 0 Å². The number of likely N-dealkylation sites (N-methyl/N-ethyl adjacent to an activating group) is 1. The van der Waals surface area contributed by atoms with Gasteiger partial charge in [0.25, 0.3) is 0 Å². The molecule has 0 aliphatic heterocycles. The minimum Gasteiger partial charge on any atom is -0.379 e. The molecule has 1 aromatic heterocycles. The first-order chi connectivity index (χ1) is 12.3. The molecule has 26 heavy (non-hydrogen) atoms. The molecule has 1 saturated carbocycles. The second-order valence-corrected chi connectivity index (χ2v) is 6.63. The average molecular weight is 471 g/mol. The first-order valence-electron chi connectivity index (χ1n) is 9.27. The van der Waals surface area contributed by atoms with Crippen molar-refractivity contribution in [3.05, 3.63) is 30.1 Å². The maximum absolute atomic E-state index is 5.72. The first kappa shape index (κ1) is 21.0. The summed E-state index contributed by atoms with van der Waals surface area (Å²) >= 11 is 0. The van der Waals surface area contributed by atoms with Gasteiger partial charge >= 0.3 is 0 Å². The van der Waals surface area contributed by atoms with Crippen molar-refractivity contribution in [2.75, 3.05) is 39.9 Å². The lowest BCUT2D eigenvalue weighted by Crippen LogP contribution is -2.40. The third kappa shape index (κ3) is 6.42. The van der Waals surface area contributed by atoms with Gasteiger partial charge in [-0.1, -0.05) is 12.1 Å². The Morgan fingerprint density at radius 3 is 2.92 bits per heavy atom. The van der Waals surface area contributed by atoms with Crippen molar-refractivity contribution in [3.63, 3.8) is 0 Å². The van der Waals surface area contributed by atoms with E-state index in [4.69, 9.17) is 9.73 Å². The molecular formula is C19H30IN5O. The van der Waals surface area contributed by atoms with Crippen LogP contribution in [-0.2, 0) is 11.2 Å². The number of para-hydroxylation sites is 2. The zero-order chi connectivity index (χ0) is 17.5. The van der Waals surface area contributed by atoms with Gasteiger partial charge in [-0.15, -0.1) is 24.0 Å². The number of imidazole rings is 1. The topological polar surface area (TPSA) is 65.5 Å². The number of aromatic amines is 1. The molecule has 7 heteroatoms. The van der Waals surface area contributed by atoms with E-state index in [1.54, 1.807) is 0 Å². The van der Waals surface area contributed by atoms with E-state index >= 15 is 0 Å². The Morgan fingerprint density at radius 2 is 2.19 bits per heavy atom. The van der Waals surface area contributed by atoms with Crippen molar-refractivity contribution in [2.45, 2.75) is 26.2 Å². The molecule has 0 spiro atoms. The molecule has 3 rings (SSSR count). The summed E-state index contributed by atoms with van der Waals surface area (Å²) in [5.74, 6) is 2.72. The summed E-state index contributed by atoms with van der Waals surface area (Å²) in [4.78, 5) is 14.8. The lowest BCUT2D eigenvalue weighted by atomic mass is 10.3. The van der Waals surface area contributed by atoms with Crippen LogP contribution in [0.2, 0.25) is 0 Å². The molecule has 0 radical (unpaired) electrons. The van der Waals surface area contributed by atoms with Crippen molar-refractivity contribution in [2.24, 2.45) is 10.9 Å². The van der Waals surface area contributed by atoms with E-state index in [0.717, 1.165) is 61.5 Å². The summed E-state index contributed by atoms with van der Waals surface area (Å²) < 4.78 is 5.72. The second kappa shape index (κ2) is 10.7. The van der Waals surface area contributed by atoms with E-state index < -0.39 is 0 Å². The number of nitrogens with one attached hydrogen (secondary N) is 2. The van der Waals surface area contributed by atoms with Crippen molar-refractivity contribution in [3.8, 4) is 0 Å². The Morgan fingerprint density at radius 1 is 1.38 bits per heavy atom. The van der Waals surface area contributed by atoms with E-state index in [0.29, 0.717) is 6.54 Å². The normalized spacial score (nSPS) is 14.3. The minimum atomic E-state index is 0. The quantitative estimate of drug-likeness (QED) is 0.256. The van der Waals surface area contributed by atoms with Gasteiger partial charge in [-0.25, -0.2) is 4.98 Å². The monoisotopic (exact) mass is 471 g/mol. The van der Waals surface area contributed by atoms with Gasteiger partial charge in [-0.05, 0) is 37.8 Å². The smallest absolute Gasteiger partial charge is 0.193 e. The van der Waals surface area contributed by atoms with E-state index in [-0.39, 0.29) is 24.0 Å². The minimum absolute atomic E-state index is 0. The highest BCUT2D eigenvalue weighted by Crippen LogP contribution is 2.28. The van der Waals surface area contributed by atoms with Gasteiger partial charge in [0.05, 0.1) is 17.6 Å². The summed E-state index contributed by atoms with van der Waals surface area (Å²) in [6.07, 6.45) is 3.47. The summed E-state index contributed by atoms with van der Waals surface area (Å²) in [6, 6.07) is 8.10. The van der Waals surface area contributed by atoms with Crippen LogP contribution in [0.25, 0.3) is 11.0 Å². The maximum Gasteiger partial charge on any atom is 0.193 e. The maximum atomic E-state index is 5.72. The highest BCUT2D eigenvalue weighted by molar-refractivity contribution is 14.0. The van der Waals surface area contributed by atoms with E-state index in [9.17, 15) is 0 Å². The van der Waals surface area contributed by atoms with Crippen LogP contribution in [-0.4, -0.2) is 60.7 Å². The number of hydrogen-bond donors (Lipinski definition) is 2. The SMILES string of the molecule is CCNC(=NCCc1nc2ccccc2[nH]1)N(C)CCOCC1CC1.I. The van der Waals surface area contributed by atoms with E-state index in [1.807, 2.05) is 18.2 Å². The molecule has 1 aliphatic carbocycles. The number of fused-ring (bicyclic) bond motifs is 1. The summed E-state index contributed by atoms with van der Waals surface area (Å²) in [6.45, 7) is 6.16. The zero-order valence-electron chi connectivity index (χ0n) is 15.7. The number of rotatable bonds is 9. The van der Waals surface area contributed by atoms with Crippen LogP contribution in [0.5, 0.6) is 0 Å². The molecule has 0 unspecified atom stereocenters. The number of aromatic nitrogens is 2. The first-order valence-corrected chi connectivity index (χ1v) is 9.27. The fourth-order valence-corrected chi connectivity index (χ4v) is 2.70. The van der Waals surface area contributed by atoms with Crippen LogP contribution in [0.4, 0.5) is 0 Å². The van der Waals surface area contributed by atoms with Crippen LogP contribution in [0, 0.1) is 5.92 Å². The number of H-pyrrole nitrogens is 1. The molecule has 144 valence electrons. The summed E-state index contributed by atoms with van der Waals surface area (Å²) in [5.41, 5.74) is 2.09. The van der Waals surface area contributed by atoms with Crippen molar-refractivity contribution >= 4 is 41.0 Å². The van der Waals surface area contributed by atoms with Crippen molar-refractivity contribution in [1.82, 2.24) is 20.2 Å². The van der Waals surface area contributed by atoms with Crippen molar-refractivity contribution < 1.29 is 4.74 Å². The number of aliphatic imine (C=N–C) groups is 1. The van der Waals surface area contributed by atoms with E-state index in [1.165, 1.54) is 12.8 Å². The Labute approximate surface area is 172 Å². The van der Waals surface area contributed by atoms with Gasteiger partial charge in [0.15, 0.2) is 5.96 Å². The molecule has 1 heterocycles. The second-order valence-electron chi connectivity index (χ2n) is 6.63. The lowest BCUT2D eigenvalue weighted by molar-refractivity contribution is 0.115. The van der Waals surface area contributed by atoms with Gasteiger partial charge in [0.2, 0.25) is 0 Å². The Hall–Kier alpha value is -1.35. The van der Waals surface area contributed by atoms with E-state index in [2.05, 4.69) is 40.2 Å².